The Balaban J connectivity index is 2.23. The molecule has 2 aromatic rings. The highest BCUT2D eigenvalue weighted by Crippen LogP contribution is 2.21. The summed E-state index contributed by atoms with van der Waals surface area (Å²) in [7, 11) is 0. The predicted molar refractivity (Wildman–Crippen MR) is 67.7 cm³/mol. The molecule has 0 radical (unpaired) electrons. The lowest BCUT2D eigenvalue weighted by Gasteiger charge is -2.04. The molecule has 0 spiro atoms. The summed E-state index contributed by atoms with van der Waals surface area (Å²) in [6.07, 6.45) is 0. The Labute approximate surface area is 120 Å². The highest BCUT2D eigenvalue weighted by Gasteiger charge is 2.17. The number of H-pyrrole nitrogens is 1. The molecule has 0 unspecified atom stereocenters. The summed E-state index contributed by atoms with van der Waals surface area (Å²) in [4.78, 5) is 25.9. The first-order valence-corrected chi connectivity index (χ1v) is 5.75. The smallest absolute Gasteiger partial charge is 0.353 e. The number of rotatable bonds is 3. The Morgan fingerprint density at radius 2 is 2.00 bits per heavy atom. The van der Waals surface area contributed by atoms with E-state index < -0.39 is 22.8 Å². The van der Waals surface area contributed by atoms with E-state index in [4.69, 9.17) is 28.3 Å². The third-order valence-electron chi connectivity index (χ3n) is 2.18. The van der Waals surface area contributed by atoms with E-state index in [9.17, 15) is 14.0 Å². The minimum Gasteiger partial charge on any atom is -0.477 e. The number of aromatic amines is 1. The molecule has 2 rings (SSSR count). The number of halogens is 3. The molecule has 20 heavy (non-hydrogen) atoms. The van der Waals surface area contributed by atoms with Gasteiger partial charge in [-0.3, -0.25) is 9.89 Å². The zero-order valence-electron chi connectivity index (χ0n) is 9.45. The van der Waals surface area contributed by atoms with Crippen LogP contribution < -0.4 is 5.32 Å². The van der Waals surface area contributed by atoms with E-state index in [0.717, 1.165) is 12.1 Å². The fourth-order valence-corrected chi connectivity index (χ4v) is 1.69. The number of nitrogens with one attached hydrogen (secondary N) is 2. The second kappa shape index (κ2) is 5.43. The van der Waals surface area contributed by atoms with Gasteiger partial charge in [-0.2, -0.15) is 5.10 Å². The highest BCUT2D eigenvalue weighted by molar-refractivity contribution is 6.35. The van der Waals surface area contributed by atoms with Crippen LogP contribution in [-0.4, -0.2) is 32.2 Å². The summed E-state index contributed by atoms with van der Waals surface area (Å²) in [5.41, 5.74) is -0.472. The van der Waals surface area contributed by atoms with Crippen molar-refractivity contribution in [2.75, 3.05) is 5.32 Å². The van der Waals surface area contributed by atoms with Crippen molar-refractivity contribution >= 4 is 40.9 Å². The lowest BCUT2D eigenvalue weighted by atomic mass is 10.2. The van der Waals surface area contributed by atoms with Crippen LogP contribution in [-0.2, 0) is 0 Å². The SMILES string of the molecule is O=C(O)c1cc(NC(=O)c2cc(F)c(Cl)nc2Cl)n[nH]1. The molecule has 0 saturated carbocycles. The first-order chi connectivity index (χ1) is 9.38. The molecular formula is C10H5Cl2FN4O3. The number of hydrogen-bond acceptors (Lipinski definition) is 4. The van der Waals surface area contributed by atoms with Gasteiger partial charge in [0.25, 0.3) is 5.91 Å². The van der Waals surface area contributed by atoms with E-state index >= 15 is 0 Å². The van der Waals surface area contributed by atoms with Crippen LogP contribution in [0.4, 0.5) is 10.2 Å². The fraction of sp³-hybridized carbons (Fsp3) is 0. The minimum absolute atomic E-state index is 0.0566. The number of carbonyl (C=O) groups excluding carboxylic acids is 1. The van der Waals surface area contributed by atoms with E-state index in [-0.39, 0.29) is 22.2 Å². The lowest BCUT2D eigenvalue weighted by Crippen LogP contribution is -2.14. The third kappa shape index (κ3) is 2.86. The van der Waals surface area contributed by atoms with Crippen LogP contribution >= 0.6 is 23.2 Å². The summed E-state index contributed by atoms with van der Waals surface area (Å²) in [5, 5.41) is 15.9. The van der Waals surface area contributed by atoms with E-state index in [1.807, 2.05) is 0 Å². The summed E-state index contributed by atoms with van der Waals surface area (Å²) >= 11 is 11.1. The maximum Gasteiger partial charge on any atom is 0.353 e. The normalized spacial score (nSPS) is 10.3. The van der Waals surface area contributed by atoms with Gasteiger partial charge < -0.3 is 10.4 Å². The van der Waals surface area contributed by atoms with Crippen LogP contribution in [0.25, 0.3) is 0 Å². The molecule has 2 aromatic heterocycles. The van der Waals surface area contributed by atoms with Crippen LogP contribution in [0, 0.1) is 5.82 Å². The molecule has 0 aliphatic rings. The summed E-state index contributed by atoms with van der Waals surface area (Å²) < 4.78 is 13.2. The zero-order chi connectivity index (χ0) is 14.9. The van der Waals surface area contributed by atoms with Gasteiger partial charge in [-0.1, -0.05) is 23.2 Å². The van der Waals surface area contributed by atoms with Crippen LogP contribution in [0.2, 0.25) is 10.3 Å². The quantitative estimate of drug-likeness (QED) is 0.752. The number of anilines is 1. The number of carboxylic acids is 1. The maximum absolute atomic E-state index is 13.2. The van der Waals surface area contributed by atoms with Gasteiger partial charge in [-0.05, 0) is 6.07 Å². The molecular weight excluding hydrogens is 314 g/mol. The average Bonchev–Trinajstić information content (AvgIpc) is 2.82. The minimum atomic E-state index is -1.24. The monoisotopic (exact) mass is 318 g/mol. The Kier molecular flexibility index (Phi) is 3.86. The molecule has 2 heterocycles. The molecule has 0 bridgehead atoms. The number of amides is 1. The maximum atomic E-state index is 13.2. The van der Waals surface area contributed by atoms with Crippen LogP contribution in [0.15, 0.2) is 12.1 Å². The van der Waals surface area contributed by atoms with Crippen molar-refractivity contribution in [3.8, 4) is 0 Å². The molecule has 0 aliphatic carbocycles. The number of aromatic carboxylic acids is 1. The number of hydrogen-bond donors (Lipinski definition) is 3. The van der Waals surface area contributed by atoms with Gasteiger partial charge in [0.2, 0.25) is 0 Å². The molecule has 104 valence electrons. The molecule has 1 amide bonds. The van der Waals surface area contributed by atoms with Crippen molar-refractivity contribution in [2.45, 2.75) is 0 Å². The topological polar surface area (TPSA) is 108 Å². The molecule has 0 saturated heterocycles. The van der Waals surface area contributed by atoms with Crippen molar-refractivity contribution < 1.29 is 19.1 Å². The second-order valence-electron chi connectivity index (χ2n) is 3.53. The van der Waals surface area contributed by atoms with Gasteiger partial charge in [-0.15, -0.1) is 0 Å². The largest absolute Gasteiger partial charge is 0.477 e. The highest BCUT2D eigenvalue weighted by atomic mass is 35.5. The summed E-state index contributed by atoms with van der Waals surface area (Å²) in [5.74, 6) is -3.01. The number of carbonyl (C=O) groups is 2. The molecule has 10 heteroatoms. The molecule has 0 atom stereocenters. The number of aromatic nitrogens is 3. The van der Waals surface area contributed by atoms with Gasteiger partial charge in [0.1, 0.15) is 10.8 Å². The second-order valence-corrected chi connectivity index (χ2v) is 4.24. The molecule has 0 fully saturated rings. The number of pyridine rings is 1. The molecule has 0 aromatic carbocycles. The van der Waals surface area contributed by atoms with Crippen LogP contribution in [0.3, 0.4) is 0 Å². The number of carboxylic acid groups (broad SMARTS) is 1. The van der Waals surface area contributed by atoms with Crippen molar-refractivity contribution in [3.05, 3.63) is 39.5 Å². The average molecular weight is 319 g/mol. The lowest BCUT2D eigenvalue weighted by molar-refractivity contribution is 0.0690. The van der Waals surface area contributed by atoms with Gasteiger partial charge in [-0.25, -0.2) is 14.2 Å². The third-order valence-corrected chi connectivity index (χ3v) is 2.73. The van der Waals surface area contributed by atoms with E-state index in [1.165, 1.54) is 0 Å². The van der Waals surface area contributed by atoms with Crippen LogP contribution in [0.1, 0.15) is 20.8 Å². The van der Waals surface area contributed by atoms with Crippen LogP contribution in [0.5, 0.6) is 0 Å². The first kappa shape index (κ1) is 14.2. The Hall–Kier alpha value is -2.19. The van der Waals surface area contributed by atoms with E-state index in [1.54, 1.807) is 0 Å². The Bertz CT molecular complexity index is 704. The molecule has 7 nitrogen and oxygen atoms in total. The Morgan fingerprint density at radius 3 is 2.60 bits per heavy atom. The first-order valence-electron chi connectivity index (χ1n) is 5.00. The van der Waals surface area contributed by atoms with Crippen molar-refractivity contribution in [1.29, 1.82) is 0 Å². The summed E-state index contributed by atoms with van der Waals surface area (Å²) in [6, 6.07) is 1.91. The van der Waals surface area contributed by atoms with Gasteiger partial charge in [0.05, 0.1) is 5.56 Å². The summed E-state index contributed by atoms with van der Waals surface area (Å²) in [6.45, 7) is 0. The molecule has 0 aliphatic heterocycles. The standard InChI is InChI=1S/C10H5Cl2FN4O3/c11-7-3(1-4(13)8(12)15-7)9(18)14-6-2-5(10(19)20)16-17-6/h1-2H,(H,19,20)(H2,14,16,17,18). The van der Waals surface area contributed by atoms with Crippen molar-refractivity contribution in [1.82, 2.24) is 15.2 Å². The van der Waals surface area contributed by atoms with Crippen molar-refractivity contribution in [3.63, 3.8) is 0 Å². The zero-order valence-corrected chi connectivity index (χ0v) is 11.0. The van der Waals surface area contributed by atoms with Crippen molar-refractivity contribution in [2.24, 2.45) is 0 Å². The Morgan fingerprint density at radius 1 is 1.30 bits per heavy atom. The van der Waals surface area contributed by atoms with E-state index in [2.05, 4.69) is 20.5 Å². The fourth-order valence-electron chi connectivity index (χ4n) is 1.28. The van der Waals surface area contributed by atoms with E-state index in [0.29, 0.717) is 0 Å². The predicted octanol–water partition coefficient (Wildman–Crippen LogP) is 2.20. The van der Waals surface area contributed by atoms with Gasteiger partial charge in [0, 0.05) is 6.07 Å². The molecule has 3 N–H and O–H groups in total. The van der Waals surface area contributed by atoms with Gasteiger partial charge in [0.15, 0.2) is 16.8 Å². The number of nitrogens with zero attached hydrogens (tertiary/aromatic N) is 2. The van der Waals surface area contributed by atoms with Gasteiger partial charge >= 0.3 is 5.97 Å².